The molecule has 2 heterocycles. The van der Waals surface area contributed by atoms with Crippen LogP contribution >= 0.6 is 0 Å². The topological polar surface area (TPSA) is 189 Å². The van der Waals surface area contributed by atoms with Crippen molar-refractivity contribution < 1.29 is 46.7 Å². The summed E-state index contributed by atoms with van der Waals surface area (Å²) in [5.41, 5.74) is -2.01. The smallest absolute Gasteiger partial charge is 0.419 e. The summed E-state index contributed by atoms with van der Waals surface area (Å²) in [6.45, 7) is 7.60. The summed E-state index contributed by atoms with van der Waals surface area (Å²) >= 11 is 0. The first-order valence-electron chi connectivity index (χ1n) is 20.4. The molecule has 3 aliphatic rings. The highest BCUT2D eigenvalue weighted by Gasteiger charge is 2.48. The van der Waals surface area contributed by atoms with Crippen molar-refractivity contribution in [2.24, 2.45) is 11.3 Å². The first-order chi connectivity index (χ1) is 27.8. The van der Waals surface area contributed by atoms with Crippen LogP contribution in [0.5, 0.6) is 5.75 Å². The Balaban J connectivity index is 0.00000143. The number of hydrogen-bond acceptors (Lipinski definition) is 10. The fourth-order valence-electron chi connectivity index (χ4n) is 7.34. The lowest BCUT2D eigenvalue weighted by molar-refractivity contribution is -0.145. The van der Waals surface area contributed by atoms with Crippen LogP contribution in [0.2, 0.25) is 0 Å². The molecule has 59 heavy (non-hydrogen) atoms. The normalized spacial score (nSPS) is 19.9. The summed E-state index contributed by atoms with van der Waals surface area (Å²) in [5.74, 6) is -5.12. The van der Waals surface area contributed by atoms with E-state index in [2.05, 4.69) is 31.2 Å². The minimum Gasteiger partial charge on any atom is -0.488 e. The number of alkyl halides is 3. The molecule has 5 atom stereocenters. The number of benzene rings is 1. The molecule has 14 nitrogen and oxygen atoms in total. The maximum Gasteiger partial charge on any atom is 0.419 e. The molecule has 17 heteroatoms. The summed E-state index contributed by atoms with van der Waals surface area (Å²) < 4.78 is 47.5. The van der Waals surface area contributed by atoms with Crippen molar-refractivity contribution in [3.8, 4) is 5.75 Å². The number of nitrogens with zero attached hydrogens (tertiary/aromatic N) is 3. The molecule has 324 valence electrons. The highest BCUT2D eigenvalue weighted by molar-refractivity contribution is 6.38. The van der Waals surface area contributed by atoms with E-state index in [9.17, 15) is 41.9 Å². The van der Waals surface area contributed by atoms with E-state index in [-0.39, 0.29) is 31.0 Å². The quantitative estimate of drug-likeness (QED) is 0.185. The highest BCUT2D eigenvalue weighted by Crippen LogP contribution is 2.38. The number of amides is 4. The molecule has 2 saturated carbocycles. The molecule has 1 unspecified atom stereocenters. The van der Waals surface area contributed by atoms with Crippen LogP contribution in [-0.2, 0) is 30.1 Å². The second-order valence-corrected chi connectivity index (χ2v) is 16.6. The van der Waals surface area contributed by atoms with Crippen LogP contribution in [0.15, 0.2) is 42.9 Å². The highest BCUT2D eigenvalue weighted by atomic mass is 19.4. The van der Waals surface area contributed by atoms with Crippen LogP contribution in [0.1, 0.15) is 115 Å². The zero-order valence-corrected chi connectivity index (χ0v) is 34.7. The Labute approximate surface area is 343 Å². The lowest BCUT2D eigenvalue weighted by atomic mass is 9.82. The third kappa shape index (κ3) is 13.3. The van der Waals surface area contributed by atoms with Gasteiger partial charge in [-0.2, -0.15) is 13.2 Å². The van der Waals surface area contributed by atoms with Crippen molar-refractivity contribution in [3.63, 3.8) is 0 Å². The third-order valence-electron chi connectivity index (χ3n) is 10.8. The number of ketones is 2. The van der Waals surface area contributed by atoms with Crippen LogP contribution in [0.25, 0.3) is 0 Å². The molecule has 4 amide bonds. The zero-order chi connectivity index (χ0) is 43.5. The Hall–Kier alpha value is -4.93. The summed E-state index contributed by atoms with van der Waals surface area (Å²) in [7, 11) is 2.01. The van der Waals surface area contributed by atoms with Gasteiger partial charge in [0.1, 0.15) is 35.7 Å². The number of hydrogen-bond donors (Lipinski definition) is 4. The van der Waals surface area contributed by atoms with E-state index in [0.29, 0.717) is 19.3 Å². The van der Waals surface area contributed by atoms with Gasteiger partial charge in [0, 0.05) is 31.8 Å². The van der Waals surface area contributed by atoms with Crippen molar-refractivity contribution in [3.05, 3.63) is 54.1 Å². The molecule has 2 aliphatic carbocycles. The molecule has 0 bridgehead atoms. The number of likely N-dealkylation sites (tertiary alicyclic amines) is 1. The van der Waals surface area contributed by atoms with E-state index in [1.54, 1.807) is 27.7 Å². The molecule has 4 N–H and O–H groups in total. The molecular weight excluding hydrogens is 771 g/mol. The minimum atomic E-state index is -4.75. The van der Waals surface area contributed by atoms with E-state index in [1.165, 1.54) is 43.6 Å². The molecular formula is C42H58F3N7O7. The van der Waals surface area contributed by atoms with Crippen molar-refractivity contribution in [1.29, 1.82) is 0 Å². The number of carbonyl (C=O) groups is 6. The predicted octanol–water partition coefficient (Wildman–Crippen LogP) is 4.56. The van der Waals surface area contributed by atoms with Gasteiger partial charge in [-0.1, -0.05) is 65.5 Å². The second-order valence-electron chi connectivity index (χ2n) is 16.6. The Morgan fingerprint density at radius 1 is 0.932 bits per heavy atom. The molecule has 1 aliphatic heterocycles. The van der Waals surface area contributed by atoms with Crippen molar-refractivity contribution in [1.82, 2.24) is 36.1 Å². The number of ether oxygens (including phenoxy) is 1. The third-order valence-corrected chi connectivity index (χ3v) is 10.8. The number of nitrogens with one attached hydrogen (secondary N) is 4. The number of Topliss-reactive ketones (excluding diaryl/α,β-unsaturated/α-hetero) is 2. The van der Waals surface area contributed by atoms with Gasteiger partial charge in [-0.3, -0.25) is 33.8 Å². The lowest BCUT2D eigenvalue weighted by Gasteiger charge is -2.37. The first-order valence-corrected chi connectivity index (χ1v) is 20.4. The van der Waals surface area contributed by atoms with Gasteiger partial charge in [-0.15, -0.1) is 0 Å². The van der Waals surface area contributed by atoms with Gasteiger partial charge < -0.3 is 30.9 Å². The second kappa shape index (κ2) is 20.9. The SMILES string of the molecule is CCC[C@H](NC(=O)[C@@H]1C[C@@H](Oc2ccccc2C(F)(F)F)CN1C(=O)[C@@H](NC(=O)C(NC(=O)c1cnccn1)C1CCCCC1)C(C)(C)C)C(=O)C(C)=O.CNC1CC1. The van der Waals surface area contributed by atoms with Crippen LogP contribution in [0, 0.1) is 11.3 Å². The van der Waals surface area contributed by atoms with E-state index >= 15 is 0 Å². The fraction of sp³-hybridized carbons (Fsp3) is 0.619. The van der Waals surface area contributed by atoms with Gasteiger partial charge in [0.25, 0.3) is 5.91 Å². The summed E-state index contributed by atoms with van der Waals surface area (Å²) in [6.07, 6.45) is 5.24. The number of aromatic nitrogens is 2. The molecule has 0 spiro atoms. The Bertz CT molecular complexity index is 1780. The molecule has 3 fully saturated rings. The summed E-state index contributed by atoms with van der Waals surface area (Å²) in [6, 6.07) is 0.609. The summed E-state index contributed by atoms with van der Waals surface area (Å²) in [4.78, 5) is 89.7. The van der Waals surface area contributed by atoms with Gasteiger partial charge in [-0.25, -0.2) is 4.98 Å². The van der Waals surface area contributed by atoms with E-state index < -0.39 is 88.4 Å². The first kappa shape index (κ1) is 46.8. The molecule has 1 saturated heterocycles. The molecule has 2 aromatic rings. The number of carbonyl (C=O) groups excluding carboxylic acids is 6. The number of halogens is 3. The van der Waals surface area contributed by atoms with Crippen LogP contribution in [-0.4, -0.2) is 100.0 Å². The van der Waals surface area contributed by atoms with Gasteiger partial charge in [0.15, 0.2) is 5.78 Å². The fourth-order valence-corrected chi connectivity index (χ4v) is 7.34. The lowest BCUT2D eigenvalue weighted by Crippen LogP contribution is -2.62. The van der Waals surface area contributed by atoms with Crippen LogP contribution in [0.4, 0.5) is 13.2 Å². The zero-order valence-electron chi connectivity index (χ0n) is 34.7. The average Bonchev–Trinajstić information content (AvgIpc) is 3.96. The molecule has 1 aromatic carbocycles. The van der Waals surface area contributed by atoms with E-state index in [1.807, 2.05) is 7.05 Å². The predicted molar refractivity (Wildman–Crippen MR) is 212 cm³/mol. The van der Waals surface area contributed by atoms with Gasteiger partial charge in [0.05, 0.1) is 24.3 Å². The maximum atomic E-state index is 14.6. The number of para-hydroxylation sites is 1. The summed E-state index contributed by atoms with van der Waals surface area (Å²) in [5, 5.41) is 11.3. The Morgan fingerprint density at radius 2 is 1.61 bits per heavy atom. The monoisotopic (exact) mass is 829 g/mol. The Kier molecular flexibility index (Phi) is 16.5. The molecule has 5 rings (SSSR count). The van der Waals surface area contributed by atoms with Crippen LogP contribution in [0.3, 0.4) is 0 Å². The van der Waals surface area contributed by atoms with E-state index in [0.717, 1.165) is 49.3 Å². The van der Waals surface area contributed by atoms with Crippen molar-refractivity contribution >= 4 is 35.2 Å². The Morgan fingerprint density at radius 3 is 2.15 bits per heavy atom. The van der Waals surface area contributed by atoms with Gasteiger partial charge in [0.2, 0.25) is 23.5 Å². The minimum absolute atomic E-state index is 0.00301. The van der Waals surface area contributed by atoms with Gasteiger partial charge in [-0.05, 0) is 62.6 Å². The number of rotatable bonds is 15. The maximum absolute atomic E-state index is 14.6. The van der Waals surface area contributed by atoms with Crippen molar-refractivity contribution in [2.45, 2.75) is 141 Å². The van der Waals surface area contributed by atoms with Crippen molar-refractivity contribution in [2.75, 3.05) is 13.6 Å². The van der Waals surface area contributed by atoms with Gasteiger partial charge >= 0.3 is 6.18 Å². The van der Waals surface area contributed by atoms with Crippen LogP contribution < -0.4 is 26.0 Å². The largest absolute Gasteiger partial charge is 0.488 e. The van der Waals surface area contributed by atoms with E-state index in [4.69, 9.17) is 4.74 Å². The average molecular weight is 830 g/mol. The standard InChI is InChI=1S/C38H49F3N6O7.C4H9N/c1-6-12-26(31(49)22(2)48)44-34(51)28-19-24(54-29-16-11-10-15-25(29)38(39,40)41)21-47(28)36(53)32(37(3,4)5)46-35(52)30(23-13-8-7-9-14-23)45-33(50)27-20-42-17-18-43-27;1-5-4-2-3-4/h10-11,15-18,20,23-24,26,28,30,32H,6-9,12-14,19,21H2,1-5H3,(H,44,51)(H,45,50)(H,46,52);4-5H,2-3H2,1H3/t24-,26+,28+,30?,32-;/m1./s1. The molecule has 0 radical (unpaired) electrons. The molecule has 1 aromatic heterocycles.